The highest BCUT2D eigenvalue weighted by Crippen LogP contribution is 2.21. The summed E-state index contributed by atoms with van der Waals surface area (Å²) in [6.45, 7) is 2.44. The summed E-state index contributed by atoms with van der Waals surface area (Å²) in [7, 11) is 0. The number of rotatable bonds is 2. The van der Waals surface area contributed by atoms with Gasteiger partial charge in [0.15, 0.2) is 22.8 Å². The molecule has 0 atom stereocenters. The lowest BCUT2D eigenvalue weighted by Crippen LogP contribution is -2.23. The molecule has 0 saturated carbocycles. The number of nitrogens with zero attached hydrogens (tertiary/aromatic N) is 6. The standard InChI is InChI=1S/C10H8N8O4/c1-3(19)11-17-13-5-6(14-17)10(22)8-7(9(5)21)15-18(16-8)12-4(2)20/h1-2H3,(H,11,19)(H,12,20). The molecule has 1 aliphatic rings. The Morgan fingerprint density at radius 2 is 1.00 bits per heavy atom. The normalized spacial score (nSPS) is 12.6. The number of hydrogen-bond acceptors (Lipinski definition) is 8. The molecular formula is C10H8N8O4. The van der Waals surface area contributed by atoms with Crippen LogP contribution in [0.25, 0.3) is 0 Å². The zero-order valence-electron chi connectivity index (χ0n) is 11.3. The van der Waals surface area contributed by atoms with E-state index in [1.54, 1.807) is 0 Å². The van der Waals surface area contributed by atoms with Crippen LogP contribution >= 0.6 is 0 Å². The summed E-state index contributed by atoms with van der Waals surface area (Å²) in [5.74, 6) is -2.31. The van der Waals surface area contributed by atoms with Crippen LogP contribution < -0.4 is 10.9 Å². The quantitative estimate of drug-likeness (QED) is 0.542. The fourth-order valence-corrected chi connectivity index (χ4v) is 1.83. The molecule has 0 bridgehead atoms. The third kappa shape index (κ3) is 2.02. The molecular weight excluding hydrogens is 296 g/mol. The van der Waals surface area contributed by atoms with Crippen molar-refractivity contribution < 1.29 is 19.2 Å². The highest BCUT2D eigenvalue weighted by Gasteiger charge is 2.39. The van der Waals surface area contributed by atoms with Gasteiger partial charge in [0, 0.05) is 13.8 Å². The lowest BCUT2D eigenvalue weighted by atomic mass is 10.00. The zero-order chi connectivity index (χ0) is 16.0. The Morgan fingerprint density at radius 1 is 0.727 bits per heavy atom. The molecule has 0 fully saturated rings. The Bertz CT molecular complexity index is 730. The van der Waals surface area contributed by atoms with Crippen molar-refractivity contribution in [1.82, 2.24) is 30.2 Å². The summed E-state index contributed by atoms with van der Waals surface area (Å²) in [6.07, 6.45) is 0. The molecule has 0 unspecified atom stereocenters. The molecule has 2 amide bonds. The Hall–Kier alpha value is -3.44. The van der Waals surface area contributed by atoms with Gasteiger partial charge in [-0.1, -0.05) is 9.81 Å². The van der Waals surface area contributed by atoms with Crippen LogP contribution in [0, 0.1) is 0 Å². The summed E-state index contributed by atoms with van der Waals surface area (Å²) >= 11 is 0. The second-order valence-corrected chi connectivity index (χ2v) is 4.37. The summed E-state index contributed by atoms with van der Waals surface area (Å²) in [5.41, 5.74) is 3.42. The number of carbonyl (C=O) groups excluding carboxylic acids is 4. The summed E-state index contributed by atoms with van der Waals surface area (Å²) in [4.78, 5) is 47.9. The van der Waals surface area contributed by atoms with Crippen LogP contribution in [0.15, 0.2) is 0 Å². The monoisotopic (exact) mass is 304 g/mol. The van der Waals surface area contributed by atoms with Crippen LogP contribution in [0.1, 0.15) is 46.2 Å². The van der Waals surface area contributed by atoms with Gasteiger partial charge in [-0.25, -0.2) is 10.9 Å². The van der Waals surface area contributed by atoms with E-state index in [2.05, 4.69) is 31.2 Å². The molecule has 0 radical (unpaired) electrons. The summed E-state index contributed by atoms with van der Waals surface area (Å²) in [5, 5.41) is 14.9. The zero-order valence-corrected chi connectivity index (χ0v) is 11.3. The molecule has 0 aliphatic heterocycles. The summed E-state index contributed by atoms with van der Waals surface area (Å²) < 4.78 is 0. The minimum atomic E-state index is -0.683. The van der Waals surface area contributed by atoms with Crippen LogP contribution in [0.2, 0.25) is 0 Å². The van der Waals surface area contributed by atoms with Gasteiger partial charge in [-0.3, -0.25) is 19.2 Å². The smallest absolute Gasteiger partial charge is 0.238 e. The molecule has 3 rings (SSSR count). The van der Waals surface area contributed by atoms with E-state index in [0.717, 1.165) is 9.81 Å². The van der Waals surface area contributed by atoms with E-state index in [9.17, 15) is 19.2 Å². The van der Waals surface area contributed by atoms with Gasteiger partial charge in [-0.15, -0.1) is 20.4 Å². The lowest BCUT2D eigenvalue weighted by molar-refractivity contribution is -0.116. The van der Waals surface area contributed by atoms with E-state index < -0.39 is 23.4 Å². The number of aromatic nitrogens is 6. The van der Waals surface area contributed by atoms with Crippen molar-refractivity contribution in [2.24, 2.45) is 0 Å². The van der Waals surface area contributed by atoms with E-state index in [0.29, 0.717) is 0 Å². The molecule has 0 aromatic carbocycles. The first kappa shape index (κ1) is 13.5. The molecule has 12 nitrogen and oxygen atoms in total. The van der Waals surface area contributed by atoms with E-state index in [1.807, 2.05) is 0 Å². The topological polar surface area (TPSA) is 154 Å². The molecule has 12 heteroatoms. The van der Waals surface area contributed by atoms with Crippen molar-refractivity contribution in [2.75, 3.05) is 10.9 Å². The van der Waals surface area contributed by atoms with E-state index in [1.165, 1.54) is 13.8 Å². The van der Waals surface area contributed by atoms with E-state index in [4.69, 9.17) is 0 Å². The maximum absolute atomic E-state index is 12.2. The van der Waals surface area contributed by atoms with Crippen molar-refractivity contribution >= 4 is 23.4 Å². The van der Waals surface area contributed by atoms with Gasteiger partial charge in [0.25, 0.3) is 0 Å². The number of amides is 2. The van der Waals surface area contributed by atoms with Crippen LogP contribution in [0.5, 0.6) is 0 Å². The number of ketones is 2. The van der Waals surface area contributed by atoms with Gasteiger partial charge in [-0.2, -0.15) is 0 Å². The van der Waals surface area contributed by atoms with E-state index >= 15 is 0 Å². The van der Waals surface area contributed by atoms with Gasteiger partial charge in [0.05, 0.1) is 0 Å². The molecule has 2 heterocycles. The Labute approximate surface area is 121 Å². The van der Waals surface area contributed by atoms with Crippen molar-refractivity contribution in [1.29, 1.82) is 0 Å². The molecule has 2 aromatic rings. The maximum atomic E-state index is 12.2. The van der Waals surface area contributed by atoms with Gasteiger partial charge < -0.3 is 0 Å². The van der Waals surface area contributed by atoms with Crippen LogP contribution in [0.4, 0.5) is 0 Å². The lowest BCUT2D eigenvalue weighted by Gasteiger charge is -2.02. The molecule has 22 heavy (non-hydrogen) atoms. The SMILES string of the molecule is CC(=O)Nn1nc2c(n1)C(=O)c1nn(NC(C)=O)nc1C2=O. The second-order valence-electron chi connectivity index (χ2n) is 4.37. The third-order valence-electron chi connectivity index (χ3n) is 2.60. The third-order valence-corrected chi connectivity index (χ3v) is 2.60. The molecule has 1 aliphatic carbocycles. The number of hydrogen-bond donors (Lipinski definition) is 2. The van der Waals surface area contributed by atoms with E-state index in [-0.39, 0.29) is 22.8 Å². The van der Waals surface area contributed by atoms with Gasteiger partial charge in [0.1, 0.15) is 0 Å². The minimum Gasteiger partial charge on any atom is -0.285 e. The Morgan fingerprint density at radius 3 is 1.23 bits per heavy atom. The van der Waals surface area contributed by atoms with Crippen LogP contribution in [-0.4, -0.2) is 53.6 Å². The largest absolute Gasteiger partial charge is 0.285 e. The Balaban J connectivity index is 2.04. The van der Waals surface area contributed by atoms with Gasteiger partial charge >= 0.3 is 0 Å². The minimum absolute atomic E-state index is 0.249. The number of nitrogens with one attached hydrogen (secondary N) is 2. The predicted octanol–water partition coefficient (Wildman–Crippen LogP) is -2.17. The van der Waals surface area contributed by atoms with Crippen molar-refractivity contribution in [3.05, 3.63) is 22.8 Å². The number of carbonyl (C=O) groups is 4. The van der Waals surface area contributed by atoms with Crippen LogP contribution in [-0.2, 0) is 9.59 Å². The van der Waals surface area contributed by atoms with Crippen LogP contribution in [0.3, 0.4) is 0 Å². The number of fused-ring (bicyclic) bond motifs is 2. The summed E-state index contributed by atoms with van der Waals surface area (Å²) in [6, 6.07) is 0. The second kappa shape index (κ2) is 4.54. The Kier molecular flexibility index (Phi) is 2.80. The fourth-order valence-electron chi connectivity index (χ4n) is 1.83. The van der Waals surface area contributed by atoms with Crippen molar-refractivity contribution in [3.8, 4) is 0 Å². The molecule has 0 spiro atoms. The first-order valence-electron chi connectivity index (χ1n) is 5.96. The molecule has 112 valence electrons. The maximum Gasteiger partial charge on any atom is 0.238 e. The molecule has 0 saturated heterocycles. The van der Waals surface area contributed by atoms with Crippen molar-refractivity contribution in [2.45, 2.75) is 13.8 Å². The van der Waals surface area contributed by atoms with Gasteiger partial charge in [0.2, 0.25) is 23.4 Å². The highest BCUT2D eigenvalue weighted by atomic mass is 16.2. The van der Waals surface area contributed by atoms with Gasteiger partial charge in [-0.05, 0) is 0 Å². The fraction of sp³-hybridized carbons (Fsp3) is 0.200. The average Bonchev–Trinajstić information content (AvgIpc) is 2.99. The average molecular weight is 304 g/mol. The first-order valence-corrected chi connectivity index (χ1v) is 5.96. The molecule has 2 N–H and O–H groups in total. The highest BCUT2D eigenvalue weighted by molar-refractivity contribution is 6.25. The predicted molar refractivity (Wildman–Crippen MR) is 67.0 cm³/mol. The van der Waals surface area contributed by atoms with Crippen molar-refractivity contribution in [3.63, 3.8) is 0 Å². The first-order chi connectivity index (χ1) is 10.4. The molecule has 2 aromatic heterocycles.